The van der Waals surface area contributed by atoms with Gasteiger partial charge in [0, 0.05) is 6.04 Å². The van der Waals surface area contributed by atoms with Crippen molar-refractivity contribution in [3.05, 3.63) is 59.7 Å². The zero-order valence-electron chi connectivity index (χ0n) is 11.2. The molecule has 0 saturated carbocycles. The van der Waals surface area contributed by atoms with Crippen LogP contribution in [0, 0.1) is 11.6 Å². The van der Waals surface area contributed by atoms with Crippen molar-refractivity contribution >= 4 is 15.7 Å². The summed E-state index contributed by atoms with van der Waals surface area (Å²) in [6.07, 6.45) is 0. The van der Waals surface area contributed by atoms with E-state index in [-0.39, 0.29) is 10.6 Å². The smallest absolute Gasteiger partial charge is 0.238 e. The molecule has 0 bridgehead atoms. The second-order valence-corrected chi connectivity index (χ2v) is 6.15. The number of halogens is 2. The molecule has 0 aliphatic heterocycles. The first-order valence-electron chi connectivity index (χ1n) is 6.12. The van der Waals surface area contributed by atoms with E-state index < -0.39 is 27.7 Å². The second kappa shape index (κ2) is 5.79. The highest BCUT2D eigenvalue weighted by Gasteiger charge is 2.14. The van der Waals surface area contributed by atoms with Crippen LogP contribution in [0.15, 0.2) is 47.4 Å². The van der Waals surface area contributed by atoms with E-state index in [9.17, 15) is 17.2 Å². The van der Waals surface area contributed by atoms with Crippen LogP contribution in [-0.2, 0) is 10.0 Å². The Balaban J connectivity index is 2.29. The van der Waals surface area contributed by atoms with Crippen LogP contribution in [0.2, 0.25) is 0 Å². The number of nitrogens with two attached hydrogens (primary N) is 1. The average Bonchev–Trinajstić information content (AvgIpc) is 2.43. The Hall–Kier alpha value is -1.99. The third-order valence-electron chi connectivity index (χ3n) is 3.01. The fraction of sp³-hybridized carbons (Fsp3) is 0.143. The maximum Gasteiger partial charge on any atom is 0.238 e. The highest BCUT2D eigenvalue weighted by atomic mass is 32.2. The van der Waals surface area contributed by atoms with Gasteiger partial charge in [-0.05, 0) is 36.8 Å². The summed E-state index contributed by atoms with van der Waals surface area (Å²) in [7, 11) is -3.81. The van der Waals surface area contributed by atoms with Crippen molar-refractivity contribution in [3.8, 4) is 0 Å². The summed E-state index contributed by atoms with van der Waals surface area (Å²) in [4.78, 5) is -0.0339. The number of anilines is 1. The van der Waals surface area contributed by atoms with Gasteiger partial charge in [0.25, 0.3) is 0 Å². The minimum atomic E-state index is -3.81. The zero-order chi connectivity index (χ0) is 15.6. The normalized spacial score (nSPS) is 13.0. The zero-order valence-corrected chi connectivity index (χ0v) is 12.0. The van der Waals surface area contributed by atoms with Crippen molar-refractivity contribution in [3.63, 3.8) is 0 Å². The minimum absolute atomic E-state index is 0.00325. The van der Waals surface area contributed by atoms with Gasteiger partial charge in [-0.25, -0.2) is 22.3 Å². The van der Waals surface area contributed by atoms with E-state index >= 15 is 0 Å². The Kier molecular flexibility index (Phi) is 4.24. The van der Waals surface area contributed by atoms with Gasteiger partial charge in [0.2, 0.25) is 10.0 Å². The largest absolute Gasteiger partial charge is 0.376 e. The highest BCUT2D eigenvalue weighted by Crippen LogP contribution is 2.24. The van der Waals surface area contributed by atoms with Crippen LogP contribution < -0.4 is 10.5 Å². The first-order valence-corrected chi connectivity index (χ1v) is 7.67. The highest BCUT2D eigenvalue weighted by molar-refractivity contribution is 7.89. The third-order valence-corrected chi connectivity index (χ3v) is 3.92. The number of rotatable bonds is 4. The van der Waals surface area contributed by atoms with Crippen molar-refractivity contribution in [1.29, 1.82) is 0 Å². The summed E-state index contributed by atoms with van der Waals surface area (Å²) in [5, 5.41) is 7.86. The van der Waals surface area contributed by atoms with Crippen LogP contribution >= 0.6 is 0 Å². The summed E-state index contributed by atoms with van der Waals surface area (Å²) in [6, 6.07) is 9.35. The van der Waals surface area contributed by atoms with Crippen LogP contribution in [0.1, 0.15) is 18.5 Å². The molecule has 0 aliphatic carbocycles. The third kappa shape index (κ3) is 3.56. The Morgan fingerprint density at radius 1 is 1.14 bits per heavy atom. The van der Waals surface area contributed by atoms with Crippen molar-refractivity contribution in [1.82, 2.24) is 0 Å². The van der Waals surface area contributed by atoms with Crippen molar-refractivity contribution in [2.45, 2.75) is 17.9 Å². The van der Waals surface area contributed by atoms with Gasteiger partial charge in [-0.15, -0.1) is 0 Å². The molecule has 0 aliphatic rings. The molecule has 0 saturated heterocycles. The van der Waals surface area contributed by atoms with Crippen molar-refractivity contribution < 1.29 is 17.2 Å². The van der Waals surface area contributed by atoms with Gasteiger partial charge in [0.15, 0.2) is 11.6 Å². The molecule has 0 heterocycles. The van der Waals surface area contributed by atoms with Crippen LogP contribution in [-0.4, -0.2) is 8.42 Å². The van der Waals surface area contributed by atoms with E-state index in [1.165, 1.54) is 30.3 Å². The van der Waals surface area contributed by atoms with Crippen molar-refractivity contribution in [2.24, 2.45) is 5.14 Å². The van der Waals surface area contributed by atoms with Crippen LogP contribution in [0.25, 0.3) is 0 Å². The quantitative estimate of drug-likeness (QED) is 0.912. The summed E-state index contributed by atoms with van der Waals surface area (Å²) >= 11 is 0. The summed E-state index contributed by atoms with van der Waals surface area (Å²) in [5.74, 6) is -1.93. The Morgan fingerprint density at radius 3 is 2.48 bits per heavy atom. The van der Waals surface area contributed by atoms with Gasteiger partial charge in [-0.1, -0.05) is 18.2 Å². The Morgan fingerprint density at radius 2 is 1.81 bits per heavy atom. The molecule has 0 aromatic heterocycles. The molecule has 1 atom stereocenters. The number of nitrogens with one attached hydrogen (secondary N) is 1. The molecule has 2 aromatic carbocycles. The van der Waals surface area contributed by atoms with Gasteiger partial charge < -0.3 is 5.32 Å². The predicted octanol–water partition coefficient (Wildman–Crippen LogP) is 2.79. The van der Waals surface area contributed by atoms with Gasteiger partial charge in [0.05, 0.1) is 10.6 Å². The second-order valence-electron chi connectivity index (χ2n) is 4.58. The predicted molar refractivity (Wildman–Crippen MR) is 76.2 cm³/mol. The van der Waals surface area contributed by atoms with Crippen molar-refractivity contribution in [2.75, 3.05) is 5.32 Å². The fourth-order valence-electron chi connectivity index (χ4n) is 1.89. The molecule has 112 valence electrons. The molecule has 7 heteroatoms. The number of primary sulfonamides is 1. The minimum Gasteiger partial charge on any atom is -0.376 e. The molecule has 3 N–H and O–H groups in total. The summed E-state index contributed by atoms with van der Waals surface area (Å²) < 4.78 is 49.4. The van der Waals surface area contributed by atoms with Gasteiger partial charge in [-0.3, -0.25) is 0 Å². The molecule has 0 fully saturated rings. The van der Waals surface area contributed by atoms with E-state index in [2.05, 4.69) is 5.32 Å². The monoisotopic (exact) mass is 312 g/mol. The van der Waals surface area contributed by atoms with E-state index in [1.54, 1.807) is 13.0 Å². The molecular weight excluding hydrogens is 298 g/mol. The van der Waals surface area contributed by atoms with Crippen LogP contribution in [0.5, 0.6) is 0 Å². The molecule has 2 aromatic rings. The molecule has 0 radical (unpaired) electrons. The fourth-order valence-corrected chi connectivity index (χ4v) is 2.46. The summed E-state index contributed by atoms with van der Waals surface area (Å²) in [5.41, 5.74) is 0.591. The van der Waals surface area contributed by atoms with Crippen LogP contribution in [0.3, 0.4) is 0 Å². The molecule has 4 nitrogen and oxygen atoms in total. The lowest BCUT2D eigenvalue weighted by atomic mass is 10.1. The number of hydrogen-bond donors (Lipinski definition) is 2. The first-order chi connectivity index (χ1) is 9.79. The van der Waals surface area contributed by atoms with Gasteiger partial charge in [0.1, 0.15) is 0 Å². The van der Waals surface area contributed by atoms with E-state index in [1.807, 2.05) is 0 Å². The molecule has 0 spiro atoms. The number of sulfonamides is 1. The lowest BCUT2D eigenvalue weighted by molar-refractivity contribution is 0.510. The molecular formula is C14H14F2N2O2S. The van der Waals surface area contributed by atoms with E-state index in [0.717, 1.165) is 6.07 Å². The lowest BCUT2D eigenvalue weighted by Crippen LogP contribution is -2.14. The maximum atomic E-state index is 13.6. The summed E-state index contributed by atoms with van der Waals surface area (Å²) in [6.45, 7) is 1.70. The van der Waals surface area contributed by atoms with Crippen LogP contribution in [0.4, 0.5) is 14.5 Å². The van der Waals surface area contributed by atoms with E-state index in [4.69, 9.17) is 5.14 Å². The average molecular weight is 312 g/mol. The molecule has 0 amide bonds. The number of benzene rings is 2. The SMILES string of the molecule is CC(Nc1cccc(F)c1F)c1cccc(S(N)(=O)=O)c1. The maximum absolute atomic E-state index is 13.6. The molecule has 1 unspecified atom stereocenters. The van der Waals surface area contributed by atoms with E-state index in [0.29, 0.717) is 5.56 Å². The topological polar surface area (TPSA) is 72.2 Å². The molecule has 2 rings (SSSR count). The first kappa shape index (κ1) is 15.4. The molecule has 21 heavy (non-hydrogen) atoms. The van der Waals surface area contributed by atoms with Gasteiger partial charge >= 0.3 is 0 Å². The lowest BCUT2D eigenvalue weighted by Gasteiger charge is -2.17. The Bertz CT molecular complexity index is 763. The Labute approximate surface area is 121 Å². The number of hydrogen-bond acceptors (Lipinski definition) is 3. The van der Waals surface area contributed by atoms with Gasteiger partial charge in [-0.2, -0.15) is 0 Å². The standard InChI is InChI=1S/C14H14F2N2O2S/c1-9(18-13-7-3-6-12(15)14(13)16)10-4-2-5-11(8-10)21(17,19)20/h2-9,18H,1H3,(H2,17,19,20).